The molecule has 2 aliphatic heterocycles. The predicted octanol–water partition coefficient (Wildman–Crippen LogP) is 6.52. The summed E-state index contributed by atoms with van der Waals surface area (Å²) >= 11 is 12.2. The molecule has 0 atom stereocenters. The summed E-state index contributed by atoms with van der Waals surface area (Å²) in [5.74, 6) is 1.50. The number of carbonyl (C=O) groups excluding carboxylic acids is 1. The van der Waals surface area contributed by atoms with Gasteiger partial charge in [-0.1, -0.05) is 71.8 Å². The minimum Gasteiger partial charge on any atom is -0.478 e. The van der Waals surface area contributed by atoms with Crippen LogP contribution in [0.4, 0.5) is 0 Å². The average Bonchev–Trinajstić information content (AvgIpc) is 3.13. The van der Waals surface area contributed by atoms with Gasteiger partial charge in [0.25, 0.3) is 0 Å². The average molecular weight is 464 g/mol. The molecule has 160 valence electrons. The second-order valence-electron chi connectivity index (χ2n) is 7.66. The van der Waals surface area contributed by atoms with Gasteiger partial charge in [-0.3, -0.25) is 9.69 Å². The second-order valence-corrected chi connectivity index (χ2v) is 8.47. The molecule has 0 aromatic heterocycles. The third kappa shape index (κ3) is 4.17. The van der Waals surface area contributed by atoms with Crippen molar-refractivity contribution in [2.45, 2.75) is 13.1 Å². The van der Waals surface area contributed by atoms with Crippen molar-refractivity contribution in [1.29, 1.82) is 0 Å². The Hall–Kier alpha value is -3.05. The lowest BCUT2D eigenvalue weighted by Gasteiger charge is -2.29. The molecule has 0 unspecified atom stereocenters. The molecular formula is C26H19Cl2NO3. The van der Waals surface area contributed by atoms with E-state index in [1.807, 2.05) is 60.7 Å². The van der Waals surface area contributed by atoms with E-state index in [0.717, 1.165) is 22.4 Å². The Kier molecular flexibility index (Phi) is 5.75. The molecule has 6 heteroatoms. The number of halogens is 2. The lowest BCUT2D eigenvalue weighted by Crippen LogP contribution is -2.31. The highest BCUT2D eigenvalue weighted by Gasteiger charge is 2.33. The van der Waals surface area contributed by atoms with Crippen LogP contribution < -0.4 is 9.47 Å². The van der Waals surface area contributed by atoms with Gasteiger partial charge in [-0.2, -0.15) is 0 Å². The number of allylic oxidation sites excluding steroid dienone is 3. The van der Waals surface area contributed by atoms with Crippen molar-refractivity contribution >= 4 is 35.1 Å². The van der Waals surface area contributed by atoms with Crippen LogP contribution in [0.3, 0.4) is 0 Å². The Morgan fingerprint density at radius 2 is 1.84 bits per heavy atom. The normalized spacial score (nSPS) is 16.7. The molecule has 5 rings (SSSR count). The van der Waals surface area contributed by atoms with E-state index >= 15 is 0 Å². The number of fused-ring (bicyclic) bond motifs is 3. The van der Waals surface area contributed by atoms with Crippen molar-refractivity contribution in [3.8, 4) is 11.5 Å². The molecule has 0 aliphatic carbocycles. The Labute approximate surface area is 196 Å². The number of ether oxygens (including phenoxy) is 2. The molecule has 2 heterocycles. The maximum absolute atomic E-state index is 12.9. The summed E-state index contributed by atoms with van der Waals surface area (Å²) in [6, 6.07) is 19.1. The van der Waals surface area contributed by atoms with Crippen molar-refractivity contribution in [2.75, 3.05) is 6.73 Å². The highest BCUT2D eigenvalue weighted by atomic mass is 35.5. The number of carbonyl (C=O) groups is 1. The third-order valence-corrected chi connectivity index (χ3v) is 6.15. The SMILES string of the molecule is O=C1/C(=C/C=C/c2ccccc2)Oc2c1ccc1c2CN(Cc2ccc(Cl)c(Cl)c2)CO1. The van der Waals surface area contributed by atoms with Gasteiger partial charge in [0.1, 0.15) is 18.2 Å². The monoisotopic (exact) mass is 463 g/mol. The number of rotatable bonds is 4. The van der Waals surface area contributed by atoms with Gasteiger partial charge >= 0.3 is 0 Å². The number of Topliss-reactive ketones (excluding diaryl/α,β-unsaturated/α-hetero) is 1. The van der Waals surface area contributed by atoms with Crippen LogP contribution in [0.15, 0.2) is 78.6 Å². The zero-order valence-corrected chi connectivity index (χ0v) is 18.6. The lowest BCUT2D eigenvalue weighted by atomic mass is 10.0. The Morgan fingerprint density at radius 3 is 2.66 bits per heavy atom. The molecule has 0 bridgehead atoms. The number of benzene rings is 3. The highest BCUT2D eigenvalue weighted by Crippen LogP contribution is 2.42. The van der Waals surface area contributed by atoms with E-state index < -0.39 is 0 Å². The fourth-order valence-electron chi connectivity index (χ4n) is 3.83. The smallest absolute Gasteiger partial charge is 0.231 e. The van der Waals surface area contributed by atoms with E-state index in [2.05, 4.69) is 4.90 Å². The molecule has 0 N–H and O–H groups in total. The van der Waals surface area contributed by atoms with Crippen LogP contribution in [0, 0.1) is 0 Å². The summed E-state index contributed by atoms with van der Waals surface area (Å²) in [5.41, 5.74) is 3.51. The second kappa shape index (κ2) is 8.83. The van der Waals surface area contributed by atoms with Crippen molar-refractivity contribution in [1.82, 2.24) is 4.90 Å². The lowest BCUT2D eigenvalue weighted by molar-refractivity contribution is 0.0872. The number of ketones is 1. The maximum atomic E-state index is 12.9. The van der Waals surface area contributed by atoms with Gasteiger partial charge in [0.05, 0.1) is 21.2 Å². The van der Waals surface area contributed by atoms with Gasteiger partial charge in [-0.05, 0) is 41.5 Å². The van der Waals surface area contributed by atoms with Gasteiger partial charge in [0.2, 0.25) is 5.78 Å². The largest absolute Gasteiger partial charge is 0.478 e. The summed E-state index contributed by atoms with van der Waals surface area (Å²) in [7, 11) is 0. The Bertz CT molecular complexity index is 1250. The minimum absolute atomic E-state index is 0.123. The molecule has 32 heavy (non-hydrogen) atoms. The highest BCUT2D eigenvalue weighted by molar-refractivity contribution is 6.42. The van der Waals surface area contributed by atoms with E-state index in [9.17, 15) is 4.79 Å². The number of hydrogen-bond acceptors (Lipinski definition) is 4. The van der Waals surface area contributed by atoms with Gasteiger partial charge < -0.3 is 9.47 Å². The van der Waals surface area contributed by atoms with E-state index in [-0.39, 0.29) is 5.78 Å². The standard InChI is InChI=1S/C26H19Cl2NO3/c27-21-11-9-18(13-22(21)28)14-29-15-20-23(31-16-29)12-10-19-25(30)24(32-26(19)20)8-4-7-17-5-2-1-3-6-17/h1-13H,14-16H2/b7-4+,24-8-. The van der Waals surface area contributed by atoms with Crippen LogP contribution in [-0.2, 0) is 13.1 Å². The topological polar surface area (TPSA) is 38.8 Å². The first-order valence-electron chi connectivity index (χ1n) is 10.2. The molecule has 0 fully saturated rings. The molecule has 0 amide bonds. The van der Waals surface area contributed by atoms with Gasteiger partial charge in [-0.25, -0.2) is 0 Å². The minimum atomic E-state index is -0.123. The quantitative estimate of drug-likeness (QED) is 0.412. The van der Waals surface area contributed by atoms with Gasteiger partial charge in [0.15, 0.2) is 5.76 Å². The van der Waals surface area contributed by atoms with E-state index in [4.69, 9.17) is 32.7 Å². The number of hydrogen-bond donors (Lipinski definition) is 0. The molecule has 0 saturated carbocycles. The first-order chi connectivity index (χ1) is 15.6. The van der Waals surface area contributed by atoms with Crippen LogP contribution >= 0.6 is 23.2 Å². The summed E-state index contributed by atoms with van der Waals surface area (Å²) in [5, 5.41) is 1.05. The zero-order valence-electron chi connectivity index (χ0n) is 17.1. The molecule has 3 aromatic rings. The zero-order chi connectivity index (χ0) is 22.1. The molecule has 4 nitrogen and oxygen atoms in total. The molecule has 0 radical (unpaired) electrons. The van der Waals surface area contributed by atoms with E-state index in [1.54, 1.807) is 18.2 Å². The van der Waals surface area contributed by atoms with E-state index in [1.165, 1.54) is 0 Å². The van der Waals surface area contributed by atoms with Crippen LogP contribution in [0.1, 0.15) is 27.0 Å². The predicted molar refractivity (Wildman–Crippen MR) is 126 cm³/mol. The molecule has 2 aliphatic rings. The van der Waals surface area contributed by atoms with Crippen molar-refractivity contribution in [2.24, 2.45) is 0 Å². The van der Waals surface area contributed by atoms with Crippen LogP contribution in [0.2, 0.25) is 10.0 Å². The van der Waals surface area contributed by atoms with E-state index in [0.29, 0.717) is 46.9 Å². The molecular weight excluding hydrogens is 445 g/mol. The first kappa shape index (κ1) is 20.8. The summed E-state index contributed by atoms with van der Waals surface area (Å²) < 4.78 is 11.9. The fraction of sp³-hybridized carbons (Fsp3) is 0.115. The van der Waals surface area contributed by atoms with Gasteiger partial charge in [0, 0.05) is 13.1 Å². The van der Waals surface area contributed by atoms with Crippen LogP contribution in [0.5, 0.6) is 11.5 Å². The van der Waals surface area contributed by atoms with Crippen molar-refractivity contribution in [3.63, 3.8) is 0 Å². The Balaban J connectivity index is 1.36. The van der Waals surface area contributed by atoms with Crippen LogP contribution in [-0.4, -0.2) is 17.4 Å². The number of nitrogens with zero attached hydrogens (tertiary/aromatic N) is 1. The summed E-state index contributed by atoms with van der Waals surface area (Å²) in [6.45, 7) is 1.66. The first-order valence-corrected chi connectivity index (χ1v) is 10.9. The molecule has 0 spiro atoms. The van der Waals surface area contributed by atoms with Crippen molar-refractivity contribution < 1.29 is 14.3 Å². The van der Waals surface area contributed by atoms with Crippen molar-refractivity contribution in [3.05, 3.63) is 111 Å². The fourth-order valence-corrected chi connectivity index (χ4v) is 4.15. The Morgan fingerprint density at radius 1 is 1.00 bits per heavy atom. The van der Waals surface area contributed by atoms with Gasteiger partial charge in [-0.15, -0.1) is 0 Å². The van der Waals surface area contributed by atoms with Crippen LogP contribution in [0.25, 0.3) is 6.08 Å². The molecule has 0 saturated heterocycles. The summed E-state index contributed by atoms with van der Waals surface area (Å²) in [6.07, 6.45) is 5.47. The molecule has 3 aromatic carbocycles. The maximum Gasteiger partial charge on any atom is 0.231 e. The third-order valence-electron chi connectivity index (χ3n) is 5.41. The summed E-state index contributed by atoms with van der Waals surface area (Å²) in [4.78, 5) is 15.0.